The average Bonchev–Trinajstić information content (AvgIpc) is 2.30. The summed E-state index contributed by atoms with van der Waals surface area (Å²) in [5, 5.41) is 10.7. The van der Waals surface area contributed by atoms with E-state index in [2.05, 4.69) is 4.98 Å². The maximum Gasteiger partial charge on any atom is 0.291 e. The highest BCUT2D eigenvalue weighted by Gasteiger charge is 2.23. The van der Waals surface area contributed by atoms with Crippen LogP contribution in [0, 0.1) is 17.0 Å². The fourth-order valence-electron chi connectivity index (χ4n) is 1.24. The molecule has 94 valence electrons. The number of nitro groups is 1. The zero-order valence-electron chi connectivity index (χ0n) is 10.9. The molecule has 0 spiro atoms. The molecule has 0 radical (unpaired) electrons. The fraction of sp³-hybridized carbons (Fsp3) is 0.500. The molecule has 0 bridgehead atoms. The summed E-state index contributed by atoms with van der Waals surface area (Å²) in [5.74, 6) is -0.665. The molecule has 0 aliphatic rings. The lowest BCUT2D eigenvalue weighted by atomic mass is 10.0. The minimum Gasteiger partial charge on any atom is -0.299 e. The highest BCUT2D eigenvalue weighted by atomic mass is 16.6. The molecule has 0 saturated heterocycles. The van der Waals surface area contributed by atoms with E-state index < -0.39 is 10.8 Å². The number of aromatic nitrogens is 1. The number of hydrogen-bond acceptors (Lipinski definition) is 4. The van der Waals surface area contributed by atoms with Crippen molar-refractivity contribution >= 4 is 11.5 Å². The molecule has 0 N–H and O–H groups in total. The minimum atomic E-state index is -0.537. The van der Waals surface area contributed by atoms with Crippen LogP contribution in [-0.2, 0) is 4.79 Å². The van der Waals surface area contributed by atoms with E-state index in [0.717, 1.165) is 0 Å². The monoisotopic (exact) mass is 238 g/mol. The Hall–Kier alpha value is -1.78. The molecule has 0 fully saturated rings. The molecule has 0 aliphatic heterocycles. The summed E-state index contributed by atoms with van der Waals surface area (Å²) >= 11 is 0. The van der Waals surface area contributed by atoms with Crippen LogP contribution in [-0.4, -0.2) is 15.7 Å². The van der Waals surface area contributed by atoms with Crippen LogP contribution in [0.5, 0.6) is 0 Å². The van der Waals surface area contributed by atoms with Gasteiger partial charge in [-0.3, -0.25) is 19.9 Å². The van der Waals surface area contributed by atoms with Gasteiger partial charge in [-0.15, -0.1) is 0 Å². The molecule has 1 aromatic heterocycles. The van der Waals surface area contributed by atoms with E-state index in [9.17, 15) is 14.9 Å². The van der Waals surface area contributed by atoms with Gasteiger partial charge in [0.2, 0.25) is 0 Å². The molecule has 0 amide bonds. The summed E-state index contributed by atoms with van der Waals surface area (Å²) in [4.78, 5) is 25.4. The van der Waals surface area contributed by atoms with Crippen molar-refractivity contribution in [3.63, 3.8) is 0 Å². The number of nitrogens with zero attached hydrogens (tertiary/aromatic N) is 2. The van der Waals surface area contributed by atoms with Crippen molar-refractivity contribution < 1.29 is 9.72 Å². The number of carbonyl (C=O) groups is 1. The fourth-order valence-corrected chi connectivity index (χ4v) is 1.24. The van der Waals surface area contributed by atoms with Gasteiger partial charge in [-0.2, -0.15) is 0 Å². The topological polar surface area (TPSA) is 73.1 Å². The van der Waals surface area contributed by atoms with E-state index in [4.69, 9.17) is 0 Å². The van der Waals surface area contributed by atoms with Crippen LogP contribution in [0.1, 0.15) is 45.0 Å². The lowest BCUT2D eigenvalue weighted by Gasteiger charge is -2.07. The lowest BCUT2D eigenvalue weighted by molar-refractivity contribution is -0.386. The second-order valence-electron chi connectivity index (χ2n) is 3.45. The van der Waals surface area contributed by atoms with E-state index in [1.165, 1.54) is 13.0 Å². The summed E-state index contributed by atoms with van der Waals surface area (Å²) in [7, 11) is 0. The molecule has 1 aromatic rings. The third-order valence-electron chi connectivity index (χ3n) is 2.26. The van der Waals surface area contributed by atoms with Gasteiger partial charge in [0, 0.05) is 11.8 Å². The van der Waals surface area contributed by atoms with Crippen molar-refractivity contribution in [1.82, 2.24) is 4.98 Å². The largest absolute Gasteiger partial charge is 0.299 e. The number of Topliss-reactive ketones (excluding diaryl/α,β-unsaturated/α-hetero) is 1. The van der Waals surface area contributed by atoms with Gasteiger partial charge in [0.15, 0.2) is 0 Å². The summed E-state index contributed by atoms with van der Waals surface area (Å²) in [6.45, 7) is 8.76. The first-order chi connectivity index (χ1) is 7.93. The highest BCUT2D eigenvalue weighted by molar-refractivity contribution is 5.83. The van der Waals surface area contributed by atoms with Gasteiger partial charge in [-0.05, 0) is 26.8 Å². The SMILES string of the molecule is CC.CC(=O)C(C)c1nc(C)ccc1[N+](=O)[O-]. The molecule has 5 nitrogen and oxygen atoms in total. The van der Waals surface area contributed by atoms with E-state index in [1.807, 2.05) is 13.8 Å². The molecule has 0 aromatic carbocycles. The van der Waals surface area contributed by atoms with Crippen molar-refractivity contribution in [1.29, 1.82) is 0 Å². The minimum absolute atomic E-state index is 0.0942. The molecule has 1 heterocycles. The first-order valence-electron chi connectivity index (χ1n) is 5.56. The number of rotatable bonds is 3. The molecule has 1 rings (SSSR count). The van der Waals surface area contributed by atoms with Gasteiger partial charge in [0.1, 0.15) is 11.5 Å². The number of ketones is 1. The second-order valence-corrected chi connectivity index (χ2v) is 3.45. The molecule has 0 saturated carbocycles. The quantitative estimate of drug-likeness (QED) is 0.599. The Balaban J connectivity index is 0.00000121. The van der Waals surface area contributed by atoms with Crippen molar-refractivity contribution in [3.8, 4) is 0 Å². The Morgan fingerprint density at radius 1 is 1.41 bits per heavy atom. The van der Waals surface area contributed by atoms with Crippen LogP contribution in [0.15, 0.2) is 12.1 Å². The van der Waals surface area contributed by atoms with Crippen LogP contribution in [0.3, 0.4) is 0 Å². The third-order valence-corrected chi connectivity index (χ3v) is 2.26. The van der Waals surface area contributed by atoms with Crippen LogP contribution in [0.4, 0.5) is 5.69 Å². The lowest BCUT2D eigenvalue weighted by Crippen LogP contribution is -2.10. The summed E-state index contributed by atoms with van der Waals surface area (Å²) in [5.41, 5.74) is 0.819. The number of pyridine rings is 1. The van der Waals surface area contributed by atoms with Crippen LogP contribution >= 0.6 is 0 Å². The molecular weight excluding hydrogens is 220 g/mol. The molecule has 17 heavy (non-hydrogen) atoms. The summed E-state index contributed by atoms with van der Waals surface area (Å²) in [6.07, 6.45) is 0. The van der Waals surface area contributed by atoms with Crippen molar-refractivity contribution in [3.05, 3.63) is 33.6 Å². The highest BCUT2D eigenvalue weighted by Crippen LogP contribution is 2.25. The van der Waals surface area contributed by atoms with Crippen molar-refractivity contribution in [2.24, 2.45) is 0 Å². The van der Waals surface area contributed by atoms with Crippen molar-refractivity contribution in [2.45, 2.75) is 40.5 Å². The zero-order valence-corrected chi connectivity index (χ0v) is 10.9. The number of aryl methyl sites for hydroxylation is 1. The van der Waals surface area contributed by atoms with E-state index in [1.54, 1.807) is 19.9 Å². The Bertz CT molecular complexity index is 416. The standard InChI is InChI=1S/C10H12N2O3.C2H6/c1-6-4-5-9(12(14)15)10(11-6)7(2)8(3)13;1-2/h4-5,7H,1-3H3;1-2H3. The number of hydrogen-bond donors (Lipinski definition) is 0. The van der Waals surface area contributed by atoms with Gasteiger partial charge >= 0.3 is 0 Å². The van der Waals surface area contributed by atoms with Gasteiger partial charge in [0.05, 0.1) is 10.8 Å². The van der Waals surface area contributed by atoms with Crippen LogP contribution in [0.25, 0.3) is 0 Å². The molecule has 5 heteroatoms. The maximum absolute atomic E-state index is 11.2. The van der Waals surface area contributed by atoms with Crippen LogP contribution in [0.2, 0.25) is 0 Å². The van der Waals surface area contributed by atoms with Gasteiger partial charge in [-0.25, -0.2) is 0 Å². The Kier molecular flexibility index (Phi) is 6.02. The van der Waals surface area contributed by atoms with Gasteiger partial charge < -0.3 is 0 Å². The van der Waals surface area contributed by atoms with E-state index >= 15 is 0 Å². The summed E-state index contributed by atoms with van der Waals surface area (Å²) in [6, 6.07) is 2.95. The predicted molar refractivity (Wildman–Crippen MR) is 66.1 cm³/mol. The number of carbonyl (C=O) groups excluding carboxylic acids is 1. The zero-order chi connectivity index (χ0) is 13.6. The average molecular weight is 238 g/mol. The normalized spacial score (nSPS) is 11.1. The van der Waals surface area contributed by atoms with E-state index in [0.29, 0.717) is 5.69 Å². The molecule has 1 atom stereocenters. The van der Waals surface area contributed by atoms with E-state index in [-0.39, 0.29) is 17.2 Å². The molecule has 1 unspecified atom stereocenters. The molecular formula is C12H18N2O3. The smallest absolute Gasteiger partial charge is 0.291 e. The Morgan fingerprint density at radius 3 is 2.35 bits per heavy atom. The predicted octanol–water partition coefficient (Wildman–Crippen LogP) is 3.02. The third kappa shape index (κ3) is 3.94. The first-order valence-corrected chi connectivity index (χ1v) is 5.56. The Morgan fingerprint density at radius 2 is 1.94 bits per heavy atom. The van der Waals surface area contributed by atoms with Crippen LogP contribution < -0.4 is 0 Å². The maximum atomic E-state index is 11.2. The first kappa shape index (κ1) is 15.2. The molecule has 0 aliphatic carbocycles. The summed E-state index contributed by atoms with van der Waals surface area (Å²) < 4.78 is 0. The van der Waals surface area contributed by atoms with Gasteiger partial charge in [0.25, 0.3) is 5.69 Å². The Labute approximate surface area is 101 Å². The van der Waals surface area contributed by atoms with Crippen molar-refractivity contribution in [2.75, 3.05) is 0 Å². The van der Waals surface area contributed by atoms with Gasteiger partial charge in [-0.1, -0.05) is 13.8 Å². The second kappa shape index (κ2) is 6.73.